The van der Waals surface area contributed by atoms with Crippen molar-refractivity contribution in [3.63, 3.8) is 0 Å². The van der Waals surface area contributed by atoms with E-state index in [0.717, 1.165) is 10.0 Å². The molecule has 9 heteroatoms. The summed E-state index contributed by atoms with van der Waals surface area (Å²) in [5, 5.41) is 0. The summed E-state index contributed by atoms with van der Waals surface area (Å²) in [6.07, 6.45) is 1.45. The van der Waals surface area contributed by atoms with Crippen LogP contribution in [0.3, 0.4) is 0 Å². The van der Waals surface area contributed by atoms with Gasteiger partial charge in [-0.3, -0.25) is 9.36 Å². The summed E-state index contributed by atoms with van der Waals surface area (Å²) in [5.41, 5.74) is 1.94. The molecule has 0 N–H and O–H groups in total. The summed E-state index contributed by atoms with van der Waals surface area (Å²) in [4.78, 5) is 32.2. The number of hydrogen-bond donors (Lipinski definition) is 0. The molecule has 2 aromatic carbocycles. The van der Waals surface area contributed by atoms with E-state index >= 15 is 0 Å². The normalized spacial score (nSPS) is 15.6. The molecular formula is C26H25BrN2O5S. The van der Waals surface area contributed by atoms with Gasteiger partial charge in [-0.1, -0.05) is 45.5 Å². The molecule has 1 aliphatic heterocycles. The Hall–Kier alpha value is -3.17. The van der Waals surface area contributed by atoms with Gasteiger partial charge in [0.2, 0.25) is 0 Å². The van der Waals surface area contributed by atoms with Crippen LogP contribution in [-0.4, -0.2) is 30.9 Å². The summed E-state index contributed by atoms with van der Waals surface area (Å²) in [7, 11) is 3.14. The molecule has 1 aliphatic rings. The van der Waals surface area contributed by atoms with E-state index in [0.29, 0.717) is 37.7 Å². The molecule has 35 heavy (non-hydrogen) atoms. The number of fused-ring (bicyclic) bond motifs is 1. The molecule has 0 saturated carbocycles. The van der Waals surface area contributed by atoms with Crippen LogP contribution in [0.15, 0.2) is 68.0 Å². The van der Waals surface area contributed by atoms with Gasteiger partial charge in [-0.05, 0) is 51.1 Å². The van der Waals surface area contributed by atoms with Gasteiger partial charge in [0.1, 0.15) is 17.5 Å². The molecule has 1 aromatic heterocycles. The van der Waals surface area contributed by atoms with Crippen LogP contribution in [0.25, 0.3) is 6.08 Å². The first-order valence-corrected chi connectivity index (χ1v) is 12.6. The number of allylic oxidation sites excluding steroid dienone is 1. The van der Waals surface area contributed by atoms with Gasteiger partial charge in [0, 0.05) is 15.6 Å². The first kappa shape index (κ1) is 24.9. The predicted molar refractivity (Wildman–Crippen MR) is 139 cm³/mol. The van der Waals surface area contributed by atoms with Gasteiger partial charge in [-0.2, -0.15) is 0 Å². The molecule has 2 heterocycles. The lowest BCUT2D eigenvalue weighted by atomic mass is 9.95. The lowest BCUT2D eigenvalue weighted by Gasteiger charge is -2.26. The fourth-order valence-corrected chi connectivity index (χ4v) is 5.42. The van der Waals surface area contributed by atoms with E-state index in [9.17, 15) is 9.59 Å². The SMILES string of the molecule is COc1ccccc1/C=c1\sc2n(c1=O)[C@@H](c1cc(Br)ccc1OC)C(C(=O)OC(C)C)=C(C)N=2. The zero-order valence-electron chi connectivity index (χ0n) is 20.0. The highest BCUT2D eigenvalue weighted by atomic mass is 79.9. The van der Waals surface area contributed by atoms with E-state index in [1.165, 1.54) is 11.3 Å². The van der Waals surface area contributed by atoms with Crippen LogP contribution in [0, 0.1) is 0 Å². The van der Waals surface area contributed by atoms with Crippen LogP contribution in [0.5, 0.6) is 11.5 Å². The molecular weight excluding hydrogens is 532 g/mol. The van der Waals surface area contributed by atoms with E-state index in [2.05, 4.69) is 20.9 Å². The Morgan fingerprint density at radius 1 is 1.14 bits per heavy atom. The van der Waals surface area contributed by atoms with Crippen molar-refractivity contribution < 1.29 is 19.0 Å². The second-order valence-corrected chi connectivity index (χ2v) is 10.1. The van der Waals surface area contributed by atoms with Crippen molar-refractivity contribution in [1.82, 2.24) is 4.57 Å². The van der Waals surface area contributed by atoms with E-state index in [1.807, 2.05) is 36.4 Å². The van der Waals surface area contributed by atoms with E-state index in [4.69, 9.17) is 14.2 Å². The summed E-state index contributed by atoms with van der Waals surface area (Å²) >= 11 is 4.77. The number of aromatic nitrogens is 1. The van der Waals surface area contributed by atoms with Crippen LogP contribution >= 0.6 is 27.3 Å². The number of rotatable bonds is 6. The lowest BCUT2D eigenvalue weighted by molar-refractivity contribution is -0.143. The van der Waals surface area contributed by atoms with Crippen molar-refractivity contribution in [2.24, 2.45) is 4.99 Å². The molecule has 182 valence electrons. The average Bonchev–Trinajstić information content (AvgIpc) is 3.12. The highest BCUT2D eigenvalue weighted by Crippen LogP contribution is 2.37. The zero-order valence-corrected chi connectivity index (χ0v) is 22.4. The fraction of sp³-hybridized carbons (Fsp3) is 0.269. The first-order chi connectivity index (χ1) is 16.7. The smallest absolute Gasteiger partial charge is 0.338 e. The van der Waals surface area contributed by atoms with Crippen molar-refractivity contribution in [1.29, 1.82) is 0 Å². The quantitative estimate of drug-likeness (QED) is 0.429. The summed E-state index contributed by atoms with van der Waals surface area (Å²) in [6, 6.07) is 12.2. The largest absolute Gasteiger partial charge is 0.496 e. The van der Waals surface area contributed by atoms with Crippen molar-refractivity contribution in [3.8, 4) is 11.5 Å². The molecule has 3 aromatic rings. The molecule has 1 atom stereocenters. The monoisotopic (exact) mass is 556 g/mol. The minimum absolute atomic E-state index is 0.269. The van der Waals surface area contributed by atoms with Crippen molar-refractivity contribution >= 4 is 39.3 Å². The number of ether oxygens (including phenoxy) is 3. The number of esters is 1. The molecule has 0 radical (unpaired) electrons. The number of benzene rings is 2. The topological polar surface area (TPSA) is 79.1 Å². The minimum atomic E-state index is -0.773. The second kappa shape index (κ2) is 10.2. The van der Waals surface area contributed by atoms with Gasteiger partial charge in [0.25, 0.3) is 5.56 Å². The molecule has 4 rings (SSSR count). The number of methoxy groups -OCH3 is 2. The first-order valence-electron chi connectivity index (χ1n) is 10.9. The van der Waals surface area contributed by atoms with Crippen molar-refractivity contribution in [2.45, 2.75) is 32.9 Å². The number of halogens is 1. The van der Waals surface area contributed by atoms with E-state index < -0.39 is 12.0 Å². The van der Waals surface area contributed by atoms with Crippen molar-refractivity contribution in [3.05, 3.63) is 89.0 Å². The molecule has 7 nitrogen and oxygen atoms in total. The fourth-order valence-electron chi connectivity index (χ4n) is 4.00. The van der Waals surface area contributed by atoms with Gasteiger partial charge < -0.3 is 14.2 Å². The molecule has 0 amide bonds. The Labute approximate surface area is 215 Å². The number of thiazole rings is 1. The molecule has 0 spiro atoms. The molecule has 0 unspecified atom stereocenters. The maximum atomic E-state index is 13.8. The van der Waals surface area contributed by atoms with Crippen LogP contribution in [0.2, 0.25) is 0 Å². The maximum absolute atomic E-state index is 13.8. The van der Waals surface area contributed by atoms with E-state index in [1.54, 1.807) is 51.7 Å². The molecule has 0 saturated heterocycles. The minimum Gasteiger partial charge on any atom is -0.496 e. The molecule has 0 fully saturated rings. The highest BCUT2D eigenvalue weighted by molar-refractivity contribution is 9.10. The number of para-hydroxylation sites is 1. The van der Waals surface area contributed by atoms with Gasteiger partial charge in [0.05, 0.1) is 36.1 Å². The third-order valence-corrected chi connectivity index (χ3v) is 6.97. The van der Waals surface area contributed by atoms with Crippen LogP contribution in [0.4, 0.5) is 0 Å². The number of hydrogen-bond acceptors (Lipinski definition) is 7. The molecule has 0 aliphatic carbocycles. The second-order valence-electron chi connectivity index (χ2n) is 8.16. The van der Waals surface area contributed by atoms with Gasteiger partial charge in [-0.25, -0.2) is 9.79 Å². The predicted octanol–water partition coefficient (Wildman–Crippen LogP) is 3.97. The Morgan fingerprint density at radius 2 is 1.86 bits per heavy atom. The Balaban J connectivity index is 2.02. The number of nitrogens with zero attached hydrogens (tertiary/aromatic N) is 2. The van der Waals surface area contributed by atoms with E-state index in [-0.39, 0.29) is 11.7 Å². The maximum Gasteiger partial charge on any atom is 0.338 e. The standard InChI is InChI=1S/C26H25BrN2O5S/c1-14(2)34-25(31)22-15(3)28-26-29(23(22)18-13-17(27)10-11-20(18)33-5)24(30)21(35-26)12-16-8-6-7-9-19(16)32-4/h6-14,23H,1-5H3/b21-12-/t23-/m0/s1. The summed E-state index contributed by atoms with van der Waals surface area (Å²) in [5.74, 6) is 0.676. The number of carbonyl (C=O) groups is 1. The zero-order chi connectivity index (χ0) is 25.3. The van der Waals surface area contributed by atoms with Gasteiger partial charge in [0.15, 0.2) is 4.80 Å². The van der Waals surface area contributed by atoms with Gasteiger partial charge >= 0.3 is 5.97 Å². The lowest BCUT2D eigenvalue weighted by Crippen LogP contribution is -2.40. The number of carbonyl (C=O) groups excluding carboxylic acids is 1. The third kappa shape index (κ3) is 4.83. The Morgan fingerprint density at radius 3 is 2.54 bits per heavy atom. The van der Waals surface area contributed by atoms with Crippen LogP contribution in [0.1, 0.15) is 37.9 Å². The Kier molecular flexibility index (Phi) is 7.28. The summed E-state index contributed by atoms with van der Waals surface area (Å²) in [6.45, 7) is 5.32. The third-order valence-electron chi connectivity index (χ3n) is 5.50. The average molecular weight is 557 g/mol. The molecule has 0 bridgehead atoms. The van der Waals surface area contributed by atoms with Crippen LogP contribution in [-0.2, 0) is 9.53 Å². The highest BCUT2D eigenvalue weighted by Gasteiger charge is 2.35. The van der Waals surface area contributed by atoms with Crippen molar-refractivity contribution in [2.75, 3.05) is 14.2 Å². The van der Waals surface area contributed by atoms with Gasteiger partial charge in [-0.15, -0.1) is 0 Å². The summed E-state index contributed by atoms with van der Waals surface area (Å²) < 4.78 is 19.4. The van der Waals surface area contributed by atoms with Crippen LogP contribution < -0.4 is 24.4 Å². The Bertz CT molecular complexity index is 1500.